The number of piperidine rings is 1. The van der Waals surface area contributed by atoms with Gasteiger partial charge in [-0.3, -0.25) is 0 Å². The molecule has 1 aromatic heterocycles. The number of hydrogen-bond donors (Lipinski definition) is 2. The standard InChI is InChI=1S/C16H20N4O2S.ClH/c1-12-15(8-5-9-17-12)20-23(21,22)14-10-18-16(19-11-14)13-6-3-2-4-7-13;/h2-4,6-7,10-12,15,17,20H,5,8-9H2,1H3;1H. The zero-order valence-electron chi connectivity index (χ0n) is 13.3. The van der Waals surface area contributed by atoms with Crippen molar-refractivity contribution in [2.45, 2.75) is 36.7 Å². The lowest BCUT2D eigenvalue weighted by Crippen LogP contribution is -2.51. The molecule has 1 aliphatic heterocycles. The predicted octanol–water partition coefficient (Wildman–Crippen LogP) is 1.98. The SMILES string of the molecule is CC1NCCCC1NS(=O)(=O)c1cnc(-c2ccccc2)nc1.Cl. The Bertz CT molecular complexity index is 753. The van der Waals surface area contributed by atoms with E-state index in [-0.39, 0.29) is 29.4 Å². The van der Waals surface area contributed by atoms with Gasteiger partial charge in [-0.15, -0.1) is 12.4 Å². The molecule has 2 N–H and O–H groups in total. The van der Waals surface area contributed by atoms with Gasteiger partial charge in [-0.1, -0.05) is 30.3 Å². The van der Waals surface area contributed by atoms with Crippen molar-refractivity contribution < 1.29 is 8.42 Å². The number of nitrogens with zero attached hydrogens (tertiary/aromatic N) is 2. The second kappa shape index (κ2) is 8.02. The Morgan fingerprint density at radius 1 is 1.17 bits per heavy atom. The van der Waals surface area contributed by atoms with Crippen molar-refractivity contribution in [3.8, 4) is 11.4 Å². The van der Waals surface area contributed by atoms with E-state index >= 15 is 0 Å². The van der Waals surface area contributed by atoms with Gasteiger partial charge in [-0.05, 0) is 26.3 Å². The summed E-state index contributed by atoms with van der Waals surface area (Å²) in [5, 5.41) is 3.28. The number of nitrogens with one attached hydrogen (secondary N) is 2. The van der Waals surface area contributed by atoms with Crippen LogP contribution < -0.4 is 10.0 Å². The van der Waals surface area contributed by atoms with Crippen LogP contribution >= 0.6 is 12.4 Å². The zero-order chi connectivity index (χ0) is 16.3. The second-order valence-corrected chi connectivity index (χ2v) is 7.44. The van der Waals surface area contributed by atoms with Gasteiger partial charge in [-0.25, -0.2) is 23.1 Å². The lowest BCUT2D eigenvalue weighted by Gasteiger charge is -2.30. The van der Waals surface area contributed by atoms with Crippen LogP contribution in [-0.4, -0.2) is 37.0 Å². The number of rotatable bonds is 4. The van der Waals surface area contributed by atoms with E-state index in [1.54, 1.807) is 0 Å². The van der Waals surface area contributed by atoms with Crippen LogP contribution in [0.25, 0.3) is 11.4 Å². The van der Waals surface area contributed by atoms with E-state index in [9.17, 15) is 8.42 Å². The zero-order valence-corrected chi connectivity index (χ0v) is 15.0. The molecule has 24 heavy (non-hydrogen) atoms. The van der Waals surface area contributed by atoms with E-state index in [4.69, 9.17) is 0 Å². The molecule has 2 heterocycles. The van der Waals surface area contributed by atoms with E-state index in [2.05, 4.69) is 20.0 Å². The van der Waals surface area contributed by atoms with Gasteiger partial charge in [0.15, 0.2) is 5.82 Å². The monoisotopic (exact) mass is 368 g/mol. The number of sulfonamides is 1. The first-order chi connectivity index (χ1) is 11.1. The summed E-state index contributed by atoms with van der Waals surface area (Å²) in [6.45, 7) is 2.91. The van der Waals surface area contributed by atoms with E-state index in [1.807, 2.05) is 37.3 Å². The number of benzene rings is 1. The molecule has 1 saturated heterocycles. The molecule has 130 valence electrons. The Labute approximate surface area is 148 Å². The fourth-order valence-electron chi connectivity index (χ4n) is 2.66. The van der Waals surface area contributed by atoms with Crippen molar-refractivity contribution in [2.24, 2.45) is 0 Å². The molecule has 0 amide bonds. The Kier molecular flexibility index (Phi) is 6.28. The number of aromatic nitrogens is 2. The third-order valence-corrected chi connectivity index (χ3v) is 5.48. The Morgan fingerprint density at radius 3 is 2.46 bits per heavy atom. The molecule has 0 radical (unpaired) electrons. The van der Waals surface area contributed by atoms with Gasteiger partial charge in [0.2, 0.25) is 10.0 Å². The average molecular weight is 369 g/mol. The van der Waals surface area contributed by atoms with E-state index in [1.165, 1.54) is 12.4 Å². The highest BCUT2D eigenvalue weighted by Crippen LogP contribution is 2.16. The minimum atomic E-state index is -3.61. The van der Waals surface area contributed by atoms with Crippen LogP contribution in [0.1, 0.15) is 19.8 Å². The minimum Gasteiger partial charge on any atom is -0.313 e. The summed E-state index contributed by atoms with van der Waals surface area (Å²) in [6.07, 6.45) is 4.51. The first kappa shape index (κ1) is 18.8. The van der Waals surface area contributed by atoms with Gasteiger partial charge in [0.1, 0.15) is 4.90 Å². The van der Waals surface area contributed by atoms with Crippen LogP contribution in [-0.2, 0) is 10.0 Å². The molecule has 8 heteroatoms. The molecule has 1 fully saturated rings. The van der Waals surface area contributed by atoms with Gasteiger partial charge in [0.05, 0.1) is 12.4 Å². The Hall–Kier alpha value is -1.54. The quantitative estimate of drug-likeness (QED) is 0.862. The summed E-state index contributed by atoms with van der Waals surface area (Å²) in [7, 11) is -3.61. The van der Waals surface area contributed by atoms with Crippen molar-refractivity contribution in [1.29, 1.82) is 0 Å². The molecule has 2 aromatic rings. The van der Waals surface area contributed by atoms with E-state index < -0.39 is 10.0 Å². The van der Waals surface area contributed by atoms with Crippen molar-refractivity contribution in [3.05, 3.63) is 42.7 Å². The average Bonchev–Trinajstić information content (AvgIpc) is 2.58. The lowest BCUT2D eigenvalue weighted by atomic mass is 10.0. The molecular weight excluding hydrogens is 348 g/mol. The summed E-state index contributed by atoms with van der Waals surface area (Å²) in [4.78, 5) is 8.46. The van der Waals surface area contributed by atoms with Gasteiger partial charge >= 0.3 is 0 Å². The molecule has 0 spiro atoms. The summed E-state index contributed by atoms with van der Waals surface area (Å²) in [6, 6.07) is 9.47. The van der Waals surface area contributed by atoms with E-state index in [0.29, 0.717) is 5.82 Å². The highest BCUT2D eigenvalue weighted by atomic mass is 35.5. The molecule has 2 unspecified atom stereocenters. The largest absolute Gasteiger partial charge is 0.313 e. The number of halogens is 1. The number of hydrogen-bond acceptors (Lipinski definition) is 5. The third-order valence-electron chi connectivity index (χ3n) is 4.04. The summed E-state index contributed by atoms with van der Waals surface area (Å²) in [5.41, 5.74) is 0.856. The predicted molar refractivity (Wildman–Crippen MR) is 95.5 cm³/mol. The maximum atomic E-state index is 12.5. The van der Waals surface area contributed by atoms with Gasteiger partial charge in [0, 0.05) is 17.6 Å². The topological polar surface area (TPSA) is 84.0 Å². The first-order valence-corrected chi connectivity index (χ1v) is 9.18. The molecule has 6 nitrogen and oxygen atoms in total. The highest BCUT2D eigenvalue weighted by molar-refractivity contribution is 7.89. The molecule has 0 bridgehead atoms. The maximum Gasteiger partial charge on any atom is 0.243 e. The summed E-state index contributed by atoms with van der Waals surface area (Å²) in [5.74, 6) is 0.511. The third kappa shape index (κ3) is 4.30. The molecule has 0 saturated carbocycles. The smallest absolute Gasteiger partial charge is 0.243 e. The van der Waals surface area contributed by atoms with Gasteiger partial charge < -0.3 is 5.32 Å². The van der Waals surface area contributed by atoms with Crippen LogP contribution in [0.2, 0.25) is 0 Å². The van der Waals surface area contributed by atoms with Crippen LogP contribution in [0.5, 0.6) is 0 Å². The van der Waals surface area contributed by atoms with Crippen molar-refractivity contribution in [2.75, 3.05) is 6.54 Å². The molecule has 3 rings (SSSR count). The van der Waals surface area contributed by atoms with Gasteiger partial charge in [0.25, 0.3) is 0 Å². The van der Waals surface area contributed by atoms with Crippen molar-refractivity contribution >= 4 is 22.4 Å². The van der Waals surface area contributed by atoms with Crippen LogP contribution in [0.4, 0.5) is 0 Å². The lowest BCUT2D eigenvalue weighted by molar-refractivity contribution is 0.348. The van der Waals surface area contributed by atoms with Crippen LogP contribution in [0.15, 0.2) is 47.6 Å². The summed E-state index contributed by atoms with van der Waals surface area (Å²) >= 11 is 0. The van der Waals surface area contributed by atoms with E-state index in [0.717, 1.165) is 24.9 Å². The Balaban J connectivity index is 0.00000208. The highest BCUT2D eigenvalue weighted by Gasteiger charge is 2.26. The molecule has 0 aliphatic carbocycles. The van der Waals surface area contributed by atoms with Crippen molar-refractivity contribution in [3.63, 3.8) is 0 Å². The minimum absolute atomic E-state index is 0. The maximum absolute atomic E-state index is 12.5. The fraction of sp³-hybridized carbons (Fsp3) is 0.375. The molecule has 2 atom stereocenters. The fourth-order valence-corrected chi connectivity index (χ4v) is 3.90. The normalized spacial score (nSPS) is 21.0. The van der Waals surface area contributed by atoms with Crippen LogP contribution in [0, 0.1) is 0 Å². The molecule has 1 aromatic carbocycles. The van der Waals surface area contributed by atoms with Crippen molar-refractivity contribution in [1.82, 2.24) is 20.0 Å². The second-order valence-electron chi connectivity index (χ2n) is 5.72. The molecular formula is C16H21ClN4O2S. The summed E-state index contributed by atoms with van der Waals surface area (Å²) < 4.78 is 27.7. The first-order valence-electron chi connectivity index (χ1n) is 7.69. The van der Waals surface area contributed by atoms with Gasteiger partial charge in [-0.2, -0.15) is 0 Å². The van der Waals surface area contributed by atoms with Crippen LogP contribution in [0.3, 0.4) is 0 Å². The Morgan fingerprint density at radius 2 is 1.83 bits per heavy atom. The molecule has 1 aliphatic rings.